The third-order valence-corrected chi connectivity index (χ3v) is 8.80. The fourth-order valence-electron chi connectivity index (χ4n) is 6.34. The molecule has 0 bridgehead atoms. The molecule has 0 radical (unpaired) electrons. The number of carbonyl (C=O) groups excluding carboxylic acids is 3. The van der Waals surface area contributed by atoms with Gasteiger partial charge >= 0.3 is 0 Å². The van der Waals surface area contributed by atoms with Crippen molar-refractivity contribution >= 4 is 34.6 Å². The van der Waals surface area contributed by atoms with E-state index in [-0.39, 0.29) is 11.3 Å². The van der Waals surface area contributed by atoms with Crippen LogP contribution >= 0.6 is 11.3 Å². The Hall–Kier alpha value is -3.51. The van der Waals surface area contributed by atoms with Crippen LogP contribution in [-0.4, -0.2) is 79.7 Å². The average molecular weight is 527 g/mol. The fourth-order valence-corrected chi connectivity index (χ4v) is 7.11. The SMILES string of the molecule is CC1c2c(-c3cccs3)ccc(O)c2C(O)=C2C(=O)C3(O)C(O)=C(C(N)=O)C(=O)C(N(C)C)C3C(O)C21. The number of phenols is 1. The number of aliphatic hydroxyl groups is 4. The molecule has 1 aromatic heterocycles. The lowest BCUT2D eigenvalue weighted by atomic mass is 9.54. The zero-order valence-corrected chi connectivity index (χ0v) is 21.0. The minimum atomic E-state index is -2.93. The highest BCUT2D eigenvalue weighted by Crippen LogP contribution is 2.57. The fraction of sp³-hybridized carbons (Fsp3) is 0.346. The van der Waals surface area contributed by atoms with Gasteiger partial charge in [-0.3, -0.25) is 19.3 Å². The number of thiophene rings is 1. The summed E-state index contributed by atoms with van der Waals surface area (Å²) in [6, 6.07) is 5.37. The molecule has 3 aliphatic rings. The number of hydrogen-bond donors (Lipinski definition) is 6. The summed E-state index contributed by atoms with van der Waals surface area (Å²) < 4.78 is 0. The van der Waals surface area contributed by atoms with Gasteiger partial charge in [-0.1, -0.05) is 13.0 Å². The third kappa shape index (κ3) is 3.11. The molecule has 0 aliphatic heterocycles. The van der Waals surface area contributed by atoms with Crippen molar-refractivity contribution in [2.24, 2.45) is 17.6 Å². The van der Waals surface area contributed by atoms with Gasteiger partial charge in [-0.05, 0) is 54.7 Å². The van der Waals surface area contributed by atoms with Crippen LogP contribution in [0, 0.1) is 11.8 Å². The number of amides is 1. The van der Waals surface area contributed by atoms with Crippen molar-refractivity contribution in [3.05, 3.63) is 57.7 Å². The number of likely N-dealkylation sites (N-methyl/N-ethyl adjacent to an activating group) is 1. The lowest BCUT2D eigenvalue weighted by molar-refractivity contribution is -0.169. The van der Waals surface area contributed by atoms with Crippen molar-refractivity contribution in [3.63, 3.8) is 0 Å². The van der Waals surface area contributed by atoms with Crippen molar-refractivity contribution in [1.82, 2.24) is 4.90 Å². The van der Waals surface area contributed by atoms with E-state index >= 15 is 0 Å². The van der Waals surface area contributed by atoms with Crippen molar-refractivity contribution in [2.75, 3.05) is 14.1 Å². The van der Waals surface area contributed by atoms with E-state index in [0.717, 1.165) is 4.88 Å². The van der Waals surface area contributed by atoms with Crippen molar-refractivity contribution in [2.45, 2.75) is 30.6 Å². The molecule has 0 saturated heterocycles. The van der Waals surface area contributed by atoms with Crippen LogP contribution in [0.3, 0.4) is 0 Å². The third-order valence-electron chi connectivity index (χ3n) is 7.89. The standard InChI is InChI=1S/C26H26N2O8S/c1-9-13-10(12-5-4-8-37-12)6-7-11(29)15(13)20(30)16-14(9)21(31)18-19(28(2)3)22(32)17(25(27)35)24(34)26(18,36)23(16)33/h4-9,14,18-19,21,29-31,34,36H,1-3H3,(H2,27,35). The minimum Gasteiger partial charge on any atom is -0.508 e. The Morgan fingerprint density at radius 1 is 1.14 bits per heavy atom. The first-order chi connectivity index (χ1) is 17.3. The summed E-state index contributed by atoms with van der Waals surface area (Å²) >= 11 is 1.43. The molecule has 2 aromatic rings. The molecule has 1 aromatic carbocycles. The highest BCUT2D eigenvalue weighted by molar-refractivity contribution is 7.13. The largest absolute Gasteiger partial charge is 0.508 e. The van der Waals surface area contributed by atoms with Gasteiger partial charge in [0.25, 0.3) is 5.91 Å². The Morgan fingerprint density at radius 3 is 2.38 bits per heavy atom. The molecule has 0 spiro atoms. The number of hydrogen-bond acceptors (Lipinski definition) is 10. The van der Waals surface area contributed by atoms with Crippen LogP contribution in [0.5, 0.6) is 5.75 Å². The zero-order valence-electron chi connectivity index (χ0n) is 20.2. The van der Waals surface area contributed by atoms with Crippen molar-refractivity contribution in [1.29, 1.82) is 0 Å². The quantitative estimate of drug-likeness (QED) is 0.320. The van der Waals surface area contributed by atoms with E-state index in [1.54, 1.807) is 13.0 Å². The topological polar surface area (TPSA) is 182 Å². The Bertz CT molecular complexity index is 1430. The van der Waals surface area contributed by atoms with E-state index in [4.69, 9.17) is 5.73 Å². The van der Waals surface area contributed by atoms with Crippen LogP contribution in [0.4, 0.5) is 0 Å². The highest BCUT2D eigenvalue weighted by atomic mass is 32.1. The van der Waals surface area contributed by atoms with Crippen LogP contribution < -0.4 is 5.73 Å². The predicted octanol–water partition coefficient (Wildman–Crippen LogP) is 1.22. The van der Waals surface area contributed by atoms with Gasteiger partial charge in [0.05, 0.1) is 23.6 Å². The lowest BCUT2D eigenvalue weighted by Crippen LogP contribution is -2.70. The molecule has 5 rings (SSSR count). The second-order valence-electron chi connectivity index (χ2n) is 9.95. The lowest BCUT2D eigenvalue weighted by Gasteiger charge is -2.53. The molecule has 10 nitrogen and oxygen atoms in total. The number of aromatic hydroxyl groups is 1. The van der Waals surface area contributed by atoms with E-state index in [0.29, 0.717) is 11.1 Å². The maximum absolute atomic E-state index is 14.0. The van der Waals surface area contributed by atoms with Crippen LogP contribution in [-0.2, 0) is 14.4 Å². The van der Waals surface area contributed by atoms with E-state index < -0.39 is 75.6 Å². The molecule has 3 aliphatic carbocycles. The maximum Gasteiger partial charge on any atom is 0.255 e. The number of nitrogens with two attached hydrogens (primary N) is 1. The van der Waals surface area contributed by atoms with Crippen LogP contribution in [0.25, 0.3) is 16.2 Å². The molecule has 37 heavy (non-hydrogen) atoms. The molecule has 7 N–H and O–H groups in total. The van der Waals surface area contributed by atoms with Gasteiger partial charge in [-0.2, -0.15) is 0 Å². The second kappa shape index (κ2) is 8.25. The number of primary amides is 1. The van der Waals surface area contributed by atoms with Gasteiger partial charge in [0, 0.05) is 16.4 Å². The first-order valence-corrected chi connectivity index (χ1v) is 12.5. The number of nitrogens with zero attached hydrogens (tertiary/aromatic N) is 1. The number of fused-ring (bicyclic) bond motifs is 3. The van der Waals surface area contributed by atoms with Crippen molar-refractivity contribution < 1.29 is 39.9 Å². The molecule has 194 valence electrons. The summed E-state index contributed by atoms with van der Waals surface area (Å²) in [5.41, 5.74) is 2.20. The number of ketones is 2. The molecule has 1 heterocycles. The number of rotatable bonds is 3. The summed E-state index contributed by atoms with van der Waals surface area (Å²) in [6.45, 7) is 1.72. The van der Waals surface area contributed by atoms with Gasteiger partial charge < -0.3 is 31.3 Å². The maximum atomic E-state index is 14.0. The van der Waals surface area contributed by atoms with Crippen LogP contribution in [0.15, 0.2) is 46.6 Å². The van der Waals surface area contributed by atoms with E-state index in [1.165, 1.54) is 36.4 Å². The Morgan fingerprint density at radius 2 is 1.81 bits per heavy atom. The van der Waals surface area contributed by atoms with Gasteiger partial charge in [0.2, 0.25) is 5.78 Å². The minimum absolute atomic E-state index is 0.0260. The molecule has 1 saturated carbocycles. The summed E-state index contributed by atoms with van der Waals surface area (Å²) in [5.74, 6) is -9.05. The summed E-state index contributed by atoms with van der Waals surface area (Å²) in [4.78, 5) is 41.5. The van der Waals surface area contributed by atoms with E-state index in [2.05, 4.69) is 0 Å². The molecular weight excluding hydrogens is 500 g/mol. The Labute approximate surface area is 215 Å². The normalized spacial score (nSPS) is 31.4. The molecule has 6 unspecified atom stereocenters. The number of benzene rings is 1. The zero-order chi connectivity index (χ0) is 27.1. The number of Topliss-reactive ketones (excluding diaryl/α,β-unsaturated/α-hetero) is 2. The molecule has 1 fully saturated rings. The van der Waals surface area contributed by atoms with Crippen molar-refractivity contribution in [3.8, 4) is 16.2 Å². The van der Waals surface area contributed by atoms with Gasteiger partial charge in [0.15, 0.2) is 11.4 Å². The summed E-state index contributed by atoms with van der Waals surface area (Å²) in [7, 11) is 2.94. The predicted molar refractivity (Wildman–Crippen MR) is 134 cm³/mol. The monoisotopic (exact) mass is 526 g/mol. The Balaban J connectivity index is 1.83. The summed E-state index contributed by atoms with van der Waals surface area (Å²) in [5, 5.41) is 58.3. The first-order valence-electron chi connectivity index (χ1n) is 11.6. The van der Waals surface area contributed by atoms with Gasteiger partial charge in [0.1, 0.15) is 22.8 Å². The molecule has 1 amide bonds. The Kier molecular flexibility index (Phi) is 5.61. The molecular formula is C26H26N2O8S. The highest BCUT2D eigenvalue weighted by Gasteiger charge is 2.68. The number of aliphatic hydroxyl groups excluding tert-OH is 3. The average Bonchev–Trinajstić information content (AvgIpc) is 3.36. The second-order valence-corrected chi connectivity index (χ2v) is 10.9. The van der Waals surface area contributed by atoms with E-state index in [9.17, 15) is 39.9 Å². The van der Waals surface area contributed by atoms with Crippen LogP contribution in [0.1, 0.15) is 24.0 Å². The van der Waals surface area contributed by atoms with Crippen LogP contribution in [0.2, 0.25) is 0 Å². The molecule has 11 heteroatoms. The first kappa shape index (κ1) is 25.2. The van der Waals surface area contributed by atoms with E-state index in [1.807, 2.05) is 17.5 Å². The summed E-state index contributed by atoms with van der Waals surface area (Å²) in [6.07, 6.45) is -1.63. The number of phenolic OH excluding ortho intramolecular Hbond substituents is 1. The van der Waals surface area contributed by atoms with Gasteiger partial charge in [-0.15, -0.1) is 11.3 Å². The number of carbonyl (C=O) groups is 3. The smallest absolute Gasteiger partial charge is 0.255 e. The molecule has 6 atom stereocenters. The van der Waals surface area contributed by atoms with Gasteiger partial charge in [-0.25, -0.2) is 0 Å².